The van der Waals surface area contributed by atoms with E-state index in [1.54, 1.807) is 0 Å². The van der Waals surface area contributed by atoms with Crippen LogP contribution in [-0.2, 0) is 10.0 Å². The van der Waals surface area contributed by atoms with Crippen LogP contribution in [0.2, 0.25) is 0 Å². The van der Waals surface area contributed by atoms with Crippen molar-refractivity contribution in [1.82, 2.24) is 19.9 Å². The van der Waals surface area contributed by atoms with Gasteiger partial charge in [0.2, 0.25) is 15.9 Å². The van der Waals surface area contributed by atoms with Crippen molar-refractivity contribution < 1.29 is 21.9 Å². The van der Waals surface area contributed by atoms with Crippen molar-refractivity contribution >= 4 is 10.0 Å². The fraction of sp³-hybridized carbons (Fsp3) is 0.450. The smallest absolute Gasteiger partial charge is 0.242 e. The van der Waals surface area contributed by atoms with Crippen molar-refractivity contribution in [1.29, 1.82) is 0 Å². The van der Waals surface area contributed by atoms with Crippen molar-refractivity contribution in [2.45, 2.75) is 30.9 Å². The van der Waals surface area contributed by atoms with E-state index in [0.29, 0.717) is 18.0 Å². The Balaban J connectivity index is 1.83. The molecule has 30 heavy (non-hydrogen) atoms. The van der Waals surface area contributed by atoms with Crippen LogP contribution in [-0.4, -0.2) is 57.1 Å². The molecule has 1 saturated heterocycles. The molecule has 0 bridgehead atoms. The van der Waals surface area contributed by atoms with E-state index in [2.05, 4.69) is 19.9 Å². The third-order valence-corrected chi connectivity index (χ3v) is 6.13. The van der Waals surface area contributed by atoms with Crippen LogP contribution in [0.4, 0.5) is 8.78 Å². The molecule has 1 atom stereocenters. The van der Waals surface area contributed by atoms with Crippen LogP contribution in [0.1, 0.15) is 25.5 Å². The van der Waals surface area contributed by atoms with Crippen LogP contribution in [0, 0.1) is 11.6 Å². The van der Waals surface area contributed by atoms with E-state index in [9.17, 15) is 17.2 Å². The van der Waals surface area contributed by atoms with Gasteiger partial charge in [-0.3, -0.25) is 4.90 Å². The van der Waals surface area contributed by atoms with Crippen molar-refractivity contribution in [2.24, 2.45) is 0 Å². The van der Waals surface area contributed by atoms with Gasteiger partial charge in [-0.2, -0.15) is 0 Å². The Morgan fingerprint density at radius 1 is 1.17 bits per heavy atom. The molecule has 3 rings (SSSR count). The minimum Gasteiger partial charge on any atom is -0.475 e. The molecule has 2 aromatic rings. The predicted octanol–water partition coefficient (Wildman–Crippen LogP) is 2.07. The molecule has 2 heterocycles. The number of piperazine rings is 1. The number of aromatic nitrogens is 1. The molecule has 0 spiro atoms. The van der Waals surface area contributed by atoms with Gasteiger partial charge in [-0.05, 0) is 37.6 Å². The number of ether oxygens (including phenoxy) is 1. The maximum Gasteiger partial charge on any atom is 0.242 e. The summed E-state index contributed by atoms with van der Waals surface area (Å²) in [5.41, 5.74) is 0.351. The molecule has 7 nitrogen and oxygen atoms in total. The Kier molecular flexibility index (Phi) is 7.35. The highest BCUT2D eigenvalue weighted by atomic mass is 32.2. The first-order chi connectivity index (χ1) is 14.2. The van der Waals surface area contributed by atoms with E-state index in [1.807, 2.05) is 13.8 Å². The third kappa shape index (κ3) is 5.94. The highest BCUT2D eigenvalue weighted by Gasteiger charge is 2.25. The number of hydrogen-bond donors (Lipinski definition) is 2. The van der Waals surface area contributed by atoms with Gasteiger partial charge in [0.15, 0.2) is 11.6 Å². The molecule has 0 amide bonds. The molecule has 0 aliphatic carbocycles. The Morgan fingerprint density at radius 3 is 2.50 bits per heavy atom. The van der Waals surface area contributed by atoms with Gasteiger partial charge in [-0.15, -0.1) is 0 Å². The number of nitrogens with one attached hydrogen (secondary N) is 2. The first-order valence-electron chi connectivity index (χ1n) is 9.77. The number of sulfonamides is 1. The number of hydrogen-bond acceptors (Lipinski definition) is 6. The average Bonchev–Trinajstić information content (AvgIpc) is 2.70. The molecule has 1 aliphatic rings. The zero-order chi connectivity index (χ0) is 21.7. The Morgan fingerprint density at radius 2 is 1.90 bits per heavy atom. The van der Waals surface area contributed by atoms with Crippen molar-refractivity contribution in [3.05, 3.63) is 53.7 Å². The summed E-state index contributed by atoms with van der Waals surface area (Å²) >= 11 is 0. The van der Waals surface area contributed by atoms with Crippen molar-refractivity contribution in [2.75, 3.05) is 32.7 Å². The third-order valence-electron chi connectivity index (χ3n) is 4.67. The van der Waals surface area contributed by atoms with Crippen LogP contribution in [0.5, 0.6) is 5.88 Å². The molecule has 1 aliphatic heterocycles. The number of rotatable bonds is 8. The predicted molar refractivity (Wildman–Crippen MR) is 109 cm³/mol. The maximum atomic E-state index is 13.8. The van der Waals surface area contributed by atoms with E-state index in [4.69, 9.17) is 4.74 Å². The normalized spacial score (nSPS) is 16.6. The Bertz CT molecular complexity index is 949. The van der Waals surface area contributed by atoms with Gasteiger partial charge in [0.1, 0.15) is 4.90 Å². The van der Waals surface area contributed by atoms with Crippen LogP contribution >= 0.6 is 0 Å². The van der Waals surface area contributed by atoms with Gasteiger partial charge < -0.3 is 10.1 Å². The lowest BCUT2D eigenvalue weighted by molar-refractivity contribution is 0.223. The fourth-order valence-corrected chi connectivity index (χ4v) is 4.34. The molecule has 1 unspecified atom stereocenters. The van der Waals surface area contributed by atoms with Crippen LogP contribution in [0.3, 0.4) is 0 Å². The van der Waals surface area contributed by atoms with Crippen molar-refractivity contribution in [3.8, 4) is 5.88 Å². The minimum atomic E-state index is -3.95. The van der Waals surface area contributed by atoms with E-state index in [0.717, 1.165) is 38.3 Å². The molecular weight excluding hydrogens is 414 g/mol. The highest BCUT2D eigenvalue weighted by molar-refractivity contribution is 7.89. The highest BCUT2D eigenvalue weighted by Crippen LogP contribution is 2.22. The lowest BCUT2D eigenvalue weighted by Gasteiger charge is -2.31. The average molecular weight is 441 g/mol. The minimum absolute atomic E-state index is 0.0356. The molecule has 164 valence electrons. The SMILES string of the molecule is CC(C)Oc1ccc(S(=O)(=O)NC(CN2CCNCC2)c2ccc(F)c(F)c2)cn1. The number of nitrogens with zero attached hydrogens (tertiary/aromatic N) is 2. The summed E-state index contributed by atoms with van der Waals surface area (Å²) in [5, 5.41) is 3.23. The van der Waals surface area contributed by atoms with Crippen molar-refractivity contribution in [3.63, 3.8) is 0 Å². The maximum absolute atomic E-state index is 13.8. The van der Waals surface area contributed by atoms with E-state index >= 15 is 0 Å². The largest absolute Gasteiger partial charge is 0.475 e. The monoisotopic (exact) mass is 440 g/mol. The van der Waals surface area contributed by atoms with Gasteiger partial charge >= 0.3 is 0 Å². The summed E-state index contributed by atoms with van der Waals surface area (Å²) < 4.78 is 61.2. The second-order valence-corrected chi connectivity index (χ2v) is 9.11. The lowest BCUT2D eigenvalue weighted by Crippen LogP contribution is -2.47. The zero-order valence-electron chi connectivity index (χ0n) is 16.9. The van der Waals surface area contributed by atoms with Gasteiger partial charge in [0.05, 0.1) is 18.3 Å². The summed E-state index contributed by atoms with van der Waals surface area (Å²) in [7, 11) is -3.95. The van der Waals surface area contributed by atoms with Gasteiger partial charge in [-0.1, -0.05) is 6.07 Å². The molecule has 2 N–H and O–H groups in total. The first-order valence-corrected chi connectivity index (χ1v) is 11.3. The summed E-state index contributed by atoms with van der Waals surface area (Å²) in [6.07, 6.45) is 1.13. The summed E-state index contributed by atoms with van der Waals surface area (Å²) in [4.78, 5) is 6.07. The fourth-order valence-electron chi connectivity index (χ4n) is 3.18. The topological polar surface area (TPSA) is 83.6 Å². The molecule has 0 saturated carbocycles. The van der Waals surface area contributed by atoms with Gasteiger partial charge in [0, 0.05) is 38.8 Å². The van der Waals surface area contributed by atoms with E-state index in [1.165, 1.54) is 24.4 Å². The quantitative estimate of drug-likeness (QED) is 0.654. The number of halogens is 2. The molecule has 1 fully saturated rings. The molecule has 1 aromatic heterocycles. The zero-order valence-corrected chi connectivity index (χ0v) is 17.8. The van der Waals surface area contributed by atoms with E-state index in [-0.39, 0.29) is 11.0 Å². The summed E-state index contributed by atoms with van der Waals surface area (Å²) in [5.74, 6) is -1.68. The van der Waals surface area contributed by atoms with Gasteiger partial charge in [0.25, 0.3) is 0 Å². The van der Waals surface area contributed by atoms with Crippen LogP contribution < -0.4 is 14.8 Å². The summed E-state index contributed by atoms with van der Waals surface area (Å²) in [6.45, 7) is 7.02. The second kappa shape index (κ2) is 9.78. The number of benzene rings is 1. The second-order valence-electron chi connectivity index (χ2n) is 7.40. The van der Waals surface area contributed by atoms with Crippen LogP contribution in [0.15, 0.2) is 41.4 Å². The molecule has 1 aromatic carbocycles. The molecular formula is C20H26F2N4O3S. The van der Waals surface area contributed by atoms with Gasteiger partial charge in [-0.25, -0.2) is 26.9 Å². The standard InChI is InChI=1S/C20H26F2N4O3S/c1-14(2)29-20-6-4-16(12-24-20)30(27,28)25-19(13-26-9-7-23-8-10-26)15-3-5-17(21)18(22)11-15/h3-6,11-12,14,19,23,25H,7-10,13H2,1-2H3. The molecule has 10 heteroatoms. The number of pyridine rings is 1. The Hall–Kier alpha value is -2.14. The lowest BCUT2D eigenvalue weighted by atomic mass is 10.1. The van der Waals surface area contributed by atoms with Crippen LogP contribution in [0.25, 0.3) is 0 Å². The summed E-state index contributed by atoms with van der Waals surface area (Å²) in [6, 6.07) is 5.56. The van der Waals surface area contributed by atoms with E-state index < -0.39 is 27.7 Å². The Labute approximate surface area is 175 Å². The molecule has 0 radical (unpaired) electrons. The first kappa shape index (κ1) is 22.5.